The second-order valence-corrected chi connectivity index (χ2v) is 10.7. The van der Waals surface area contributed by atoms with Crippen LogP contribution in [0.2, 0.25) is 0 Å². The van der Waals surface area contributed by atoms with E-state index in [-0.39, 0.29) is 29.8 Å². The molecule has 4 aromatic rings. The highest BCUT2D eigenvalue weighted by Crippen LogP contribution is 2.41. The summed E-state index contributed by atoms with van der Waals surface area (Å²) in [7, 11) is 14.6. The molecule has 7 nitrogen and oxygen atoms in total. The second-order valence-electron chi connectivity index (χ2n) is 10.7. The first-order valence-corrected chi connectivity index (χ1v) is 13.1. The number of pyridine rings is 1. The number of amides is 1. The molecule has 39 heavy (non-hydrogen) atoms. The molecule has 2 aliphatic rings. The fraction of sp³-hybridized carbons (Fsp3) is 0.345. The van der Waals surface area contributed by atoms with Gasteiger partial charge in [0.15, 0.2) is 0 Å². The Labute approximate surface area is 229 Å². The first-order valence-electron chi connectivity index (χ1n) is 13.1. The molecule has 3 heterocycles. The number of carbonyl (C=O) groups excluding carboxylic acids is 1. The van der Waals surface area contributed by atoms with E-state index >= 15 is 4.39 Å². The first-order chi connectivity index (χ1) is 18.6. The van der Waals surface area contributed by atoms with Gasteiger partial charge in [-0.25, -0.2) is 4.39 Å². The molecule has 194 valence electrons. The minimum Gasteiger partial charge on any atom is -0.493 e. The van der Waals surface area contributed by atoms with Crippen molar-refractivity contribution in [3.05, 3.63) is 71.4 Å². The number of rotatable bonds is 8. The summed E-state index contributed by atoms with van der Waals surface area (Å²) in [6.07, 6.45) is 5.71. The van der Waals surface area contributed by atoms with E-state index < -0.39 is 17.1 Å². The van der Waals surface area contributed by atoms with Crippen LogP contribution in [0.25, 0.3) is 22.0 Å². The lowest BCUT2D eigenvalue weighted by Crippen LogP contribution is -2.45. The quantitative estimate of drug-likeness (QED) is 0.321. The fourth-order valence-corrected chi connectivity index (χ4v) is 4.91. The van der Waals surface area contributed by atoms with E-state index in [2.05, 4.69) is 10.1 Å². The molecule has 1 saturated carbocycles. The minimum absolute atomic E-state index is 0.182. The molecule has 0 spiro atoms. The van der Waals surface area contributed by atoms with Crippen LogP contribution in [0.1, 0.15) is 48.3 Å². The van der Waals surface area contributed by atoms with Gasteiger partial charge in [-0.2, -0.15) is 5.10 Å². The standard InChI is InChI=1S/C29H27B2FN4O3/c1-16(2)15-38-25-12-17(19-8-9-24(39-18-6-7-18)26-21(19)13-35(3)34-26)11-23(32)22(25)14-36-28(37)20-5-4-10-33-27(20)29(36,30)31/h4-5,8-13,16,18H,6-7,14-15H2,1-3H3. The van der Waals surface area contributed by atoms with E-state index in [0.717, 1.165) is 29.3 Å². The highest BCUT2D eigenvalue weighted by molar-refractivity contribution is 6.42. The van der Waals surface area contributed by atoms with Crippen molar-refractivity contribution in [1.82, 2.24) is 19.7 Å². The molecule has 1 aliphatic heterocycles. The van der Waals surface area contributed by atoms with Crippen molar-refractivity contribution in [3.8, 4) is 22.6 Å². The van der Waals surface area contributed by atoms with Gasteiger partial charge >= 0.3 is 0 Å². The summed E-state index contributed by atoms with van der Waals surface area (Å²) in [4.78, 5) is 18.6. The van der Waals surface area contributed by atoms with Crippen LogP contribution in [0.5, 0.6) is 11.5 Å². The number of aromatic nitrogens is 3. The van der Waals surface area contributed by atoms with Gasteiger partial charge in [0.2, 0.25) is 0 Å². The van der Waals surface area contributed by atoms with Gasteiger partial charge in [0.05, 0.1) is 46.2 Å². The number of nitrogens with zero attached hydrogens (tertiary/aromatic N) is 4. The lowest BCUT2D eigenvalue weighted by Gasteiger charge is -2.33. The average molecular weight is 520 g/mol. The van der Waals surface area contributed by atoms with Gasteiger partial charge in [-0.15, -0.1) is 0 Å². The first kappa shape index (κ1) is 25.5. The molecule has 0 bridgehead atoms. The molecular weight excluding hydrogens is 493 g/mol. The van der Waals surface area contributed by atoms with Crippen molar-refractivity contribution in [1.29, 1.82) is 0 Å². The average Bonchev–Trinajstić information content (AvgIpc) is 3.59. The summed E-state index contributed by atoms with van der Waals surface area (Å²) in [5.74, 6) is 0.284. The van der Waals surface area contributed by atoms with Crippen LogP contribution in [-0.4, -0.2) is 54.0 Å². The summed E-state index contributed by atoms with van der Waals surface area (Å²) in [6, 6.07) is 10.3. The van der Waals surface area contributed by atoms with Gasteiger partial charge in [0.25, 0.3) is 5.91 Å². The zero-order valence-corrected chi connectivity index (χ0v) is 22.1. The lowest BCUT2D eigenvalue weighted by atomic mass is 9.59. The van der Waals surface area contributed by atoms with Crippen LogP contribution in [0, 0.1) is 11.7 Å². The Morgan fingerprint density at radius 1 is 1.15 bits per heavy atom. The number of carbonyl (C=O) groups is 1. The van der Waals surface area contributed by atoms with Crippen LogP contribution in [-0.2, 0) is 18.9 Å². The van der Waals surface area contributed by atoms with Gasteiger partial charge in [-0.05, 0) is 66.3 Å². The Morgan fingerprint density at radius 3 is 2.67 bits per heavy atom. The molecule has 4 radical (unpaired) electrons. The van der Waals surface area contributed by atoms with Crippen LogP contribution < -0.4 is 9.47 Å². The number of hydrogen-bond acceptors (Lipinski definition) is 5. The maximum absolute atomic E-state index is 16.0. The van der Waals surface area contributed by atoms with Crippen molar-refractivity contribution in [2.45, 2.75) is 44.7 Å². The van der Waals surface area contributed by atoms with E-state index in [9.17, 15) is 4.79 Å². The molecule has 1 aliphatic carbocycles. The summed E-state index contributed by atoms with van der Waals surface area (Å²) in [5.41, 5.74) is 2.88. The van der Waals surface area contributed by atoms with Gasteiger partial charge in [-0.3, -0.25) is 14.5 Å². The van der Waals surface area contributed by atoms with E-state index in [1.165, 1.54) is 17.2 Å². The van der Waals surface area contributed by atoms with E-state index in [4.69, 9.17) is 25.2 Å². The summed E-state index contributed by atoms with van der Waals surface area (Å²) in [5, 5.41) is 3.76. The van der Waals surface area contributed by atoms with Crippen LogP contribution in [0.3, 0.4) is 0 Å². The summed E-state index contributed by atoms with van der Waals surface area (Å²) >= 11 is 0. The maximum Gasteiger partial charge on any atom is 0.255 e. The topological polar surface area (TPSA) is 69.5 Å². The largest absolute Gasteiger partial charge is 0.493 e. The highest BCUT2D eigenvalue weighted by Gasteiger charge is 2.43. The van der Waals surface area contributed by atoms with E-state index in [1.807, 2.05) is 39.2 Å². The molecule has 1 fully saturated rings. The zero-order valence-electron chi connectivity index (χ0n) is 22.1. The van der Waals surface area contributed by atoms with Gasteiger partial charge < -0.3 is 14.4 Å². The Balaban J connectivity index is 1.42. The number of halogens is 1. The third-order valence-corrected chi connectivity index (χ3v) is 7.03. The van der Waals surface area contributed by atoms with Gasteiger partial charge in [0.1, 0.15) is 22.8 Å². The Kier molecular flexibility index (Phi) is 6.16. The molecule has 0 saturated heterocycles. The number of hydrogen-bond donors (Lipinski definition) is 0. The molecule has 0 N–H and O–H groups in total. The number of benzene rings is 2. The zero-order chi connectivity index (χ0) is 27.5. The number of aryl methyl sites for hydroxylation is 1. The summed E-state index contributed by atoms with van der Waals surface area (Å²) < 4.78 is 29.9. The molecular formula is C29H27B2FN4O3. The minimum atomic E-state index is -1.69. The number of fused-ring (bicyclic) bond motifs is 2. The number of ether oxygens (including phenoxy) is 2. The molecule has 0 unspecified atom stereocenters. The van der Waals surface area contributed by atoms with Crippen molar-refractivity contribution in [2.75, 3.05) is 6.61 Å². The smallest absolute Gasteiger partial charge is 0.255 e. The third-order valence-electron chi connectivity index (χ3n) is 7.03. The predicted molar refractivity (Wildman–Crippen MR) is 147 cm³/mol. The van der Waals surface area contributed by atoms with Crippen molar-refractivity contribution in [2.24, 2.45) is 13.0 Å². The summed E-state index contributed by atoms with van der Waals surface area (Å²) in [6.45, 7) is 4.19. The molecule has 2 aromatic heterocycles. The van der Waals surface area contributed by atoms with Crippen LogP contribution in [0.4, 0.5) is 4.39 Å². The van der Waals surface area contributed by atoms with Gasteiger partial charge in [-0.1, -0.05) is 13.8 Å². The normalized spacial score (nSPS) is 16.2. The second kappa shape index (κ2) is 9.43. The lowest BCUT2D eigenvalue weighted by molar-refractivity contribution is 0.0727. The van der Waals surface area contributed by atoms with Crippen molar-refractivity contribution >= 4 is 32.5 Å². The van der Waals surface area contributed by atoms with E-state index in [0.29, 0.717) is 29.2 Å². The SMILES string of the molecule is [B]C1([B])c2ncccc2C(=O)N1Cc1c(F)cc(-c2ccc(OC3CC3)c3nn(C)cc23)cc1OCC(C)C. The predicted octanol–water partition coefficient (Wildman–Crippen LogP) is 4.45. The van der Waals surface area contributed by atoms with Crippen molar-refractivity contribution in [3.63, 3.8) is 0 Å². The molecule has 10 heteroatoms. The molecule has 1 amide bonds. The molecule has 2 aromatic carbocycles. The third kappa shape index (κ3) is 4.56. The maximum atomic E-state index is 16.0. The monoisotopic (exact) mass is 520 g/mol. The Hall–Kier alpha value is -3.81. The Bertz CT molecular complexity index is 1600. The molecule has 0 atom stereocenters. The van der Waals surface area contributed by atoms with E-state index in [1.54, 1.807) is 22.9 Å². The van der Waals surface area contributed by atoms with Crippen LogP contribution in [0.15, 0.2) is 48.8 Å². The Morgan fingerprint density at radius 2 is 1.95 bits per heavy atom. The van der Waals surface area contributed by atoms with Crippen LogP contribution >= 0.6 is 0 Å². The van der Waals surface area contributed by atoms with Gasteiger partial charge in [0, 0.05) is 35.7 Å². The molecule has 6 rings (SSSR count). The van der Waals surface area contributed by atoms with Crippen molar-refractivity contribution < 1.29 is 18.7 Å². The highest BCUT2D eigenvalue weighted by atomic mass is 19.1. The fourth-order valence-electron chi connectivity index (χ4n) is 4.91.